The van der Waals surface area contributed by atoms with Crippen LogP contribution >= 0.6 is 15.9 Å². The van der Waals surface area contributed by atoms with Crippen LogP contribution in [0.15, 0.2) is 46.9 Å². The Kier molecular flexibility index (Phi) is 4.55. The van der Waals surface area contributed by atoms with Crippen LogP contribution in [-0.2, 0) is 4.79 Å². The standard InChI is InChI=1S/C15H11BrFN3O/c16-12-6-5-11(7-13(12)17)20-14(15(19)21)10-3-1-9(8-18)2-4-10/h1-7,14,20H,(H2,19,21). The van der Waals surface area contributed by atoms with Gasteiger partial charge < -0.3 is 11.1 Å². The maximum Gasteiger partial charge on any atom is 0.244 e. The number of carbonyl (C=O) groups is 1. The summed E-state index contributed by atoms with van der Waals surface area (Å²) in [6.07, 6.45) is 0. The fourth-order valence-corrected chi connectivity index (χ4v) is 2.07. The number of nitrogens with two attached hydrogens (primary N) is 1. The van der Waals surface area contributed by atoms with E-state index in [1.54, 1.807) is 30.3 Å². The highest BCUT2D eigenvalue weighted by Crippen LogP contribution is 2.24. The van der Waals surface area contributed by atoms with Crippen molar-refractivity contribution in [2.75, 3.05) is 5.32 Å². The second kappa shape index (κ2) is 6.37. The number of nitrogens with one attached hydrogen (secondary N) is 1. The van der Waals surface area contributed by atoms with Gasteiger partial charge in [0.2, 0.25) is 5.91 Å². The zero-order valence-electron chi connectivity index (χ0n) is 10.8. The molecule has 0 saturated heterocycles. The van der Waals surface area contributed by atoms with Crippen LogP contribution in [0.3, 0.4) is 0 Å². The lowest BCUT2D eigenvalue weighted by Gasteiger charge is -2.17. The lowest BCUT2D eigenvalue weighted by molar-refractivity contribution is -0.118. The van der Waals surface area contributed by atoms with Gasteiger partial charge in [0.05, 0.1) is 16.1 Å². The van der Waals surface area contributed by atoms with Gasteiger partial charge in [0.15, 0.2) is 0 Å². The third kappa shape index (κ3) is 3.58. The number of anilines is 1. The Balaban J connectivity index is 2.28. The zero-order valence-corrected chi connectivity index (χ0v) is 12.4. The van der Waals surface area contributed by atoms with Gasteiger partial charge >= 0.3 is 0 Å². The van der Waals surface area contributed by atoms with Crippen molar-refractivity contribution in [3.8, 4) is 6.07 Å². The molecule has 0 fully saturated rings. The highest BCUT2D eigenvalue weighted by atomic mass is 79.9. The molecule has 0 aliphatic heterocycles. The maximum atomic E-state index is 13.5. The second-order valence-electron chi connectivity index (χ2n) is 4.34. The first-order valence-electron chi connectivity index (χ1n) is 6.02. The lowest BCUT2D eigenvalue weighted by atomic mass is 10.0. The minimum atomic E-state index is -0.807. The van der Waals surface area contributed by atoms with E-state index in [2.05, 4.69) is 21.2 Å². The molecule has 0 aliphatic rings. The first-order valence-corrected chi connectivity index (χ1v) is 6.81. The number of benzene rings is 2. The van der Waals surface area contributed by atoms with E-state index < -0.39 is 17.8 Å². The molecule has 6 heteroatoms. The first-order chi connectivity index (χ1) is 10.0. The van der Waals surface area contributed by atoms with Gasteiger partial charge in [-0.2, -0.15) is 5.26 Å². The summed E-state index contributed by atoms with van der Waals surface area (Å²) in [5.74, 6) is -1.04. The van der Waals surface area contributed by atoms with Gasteiger partial charge in [-0.15, -0.1) is 0 Å². The average Bonchev–Trinajstić information content (AvgIpc) is 2.48. The molecule has 0 saturated carbocycles. The summed E-state index contributed by atoms with van der Waals surface area (Å²) in [4.78, 5) is 11.6. The Morgan fingerprint density at radius 3 is 2.48 bits per heavy atom. The van der Waals surface area contributed by atoms with Crippen molar-refractivity contribution in [2.45, 2.75) is 6.04 Å². The molecular weight excluding hydrogens is 337 g/mol. The number of rotatable bonds is 4. The fourth-order valence-electron chi connectivity index (χ4n) is 1.82. The number of carbonyl (C=O) groups excluding carboxylic acids is 1. The highest BCUT2D eigenvalue weighted by Gasteiger charge is 2.18. The van der Waals surface area contributed by atoms with Crippen LogP contribution in [0.5, 0.6) is 0 Å². The molecule has 2 aromatic rings. The predicted molar refractivity (Wildman–Crippen MR) is 80.8 cm³/mol. The summed E-state index contributed by atoms with van der Waals surface area (Å²) in [5, 5.41) is 11.6. The molecule has 0 aromatic heterocycles. The molecule has 2 rings (SSSR count). The number of hydrogen-bond acceptors (Lipinski definition) is 3. The van der Waals surface area contributed by atoms with Crippen molar-refractivity contribution < 1.29 is 9.18 Å². The van der Waals surface area contributed by atoms with E-state index in [0.717, 1.165) is 0 Å². The fraction of sp³-hybridized carbons (Fsp3) is 0.0667. The van der Waals surface area contributed by atoms with Gasteiger partial charge in [0.1, 0.15) is 11.9 Å². The summed E-state index contributed by atoms with van der Waals surface area (Å²) < 4.78 is 13.8. The maximum absolute atomic E-state index is 13.5. The monoisotopic (exact) mass is 347 g/mol. The Bertz CT molecular complexity index is 710. The summed E-state index contributed by atoms with van der Waals surface area (Å²) in [6, 6.07) is 12.1. The van der Waals surface area contributed by atoms with Gasteiger partial charge in [-0.25, -0.2) is 4.39 Å². The minimum absolute atomic E-state index is 0.335. The van der Waals surface area contributed by atoms with E-state index in [-0.39, 0.29) is 0 Å². The molecule has 21 heavy (non-hydrogen) atoms. The lowest BCUT2D eigenvalue weighted by Crippen LogP contribution is -2.27. The summed E-state index contributed by atoms with van der Waals surface area (Å²) in [7, 11) is 0. The van der Waals surface area contributed by atoms with Crippen LogP contribution in [0.2, 0.25) is 0 Å². The highest BCUT2D eigenvalue weighted by molar-refractivity contribution is 9.10. The SMILES string of the molecule is N#Cc1ccc(C(Nc2ccc(Br)c(F)c2)C(N)=O)cc1. The second-order valence-corrected chi connectivity index (χ2v) is 5.20. The molecule has 1 atom stereocenters. The summed E-state index contributed by atoms with van der Waals surface area (Å²) in [6.45, 7) is 0. The van der Waals surface area contributed by atoms with Crippen molar-refractivity contribution in [1.82, 2.24) is 0 Å². The van der Waals surface area contributed by atoms with E-state index in [1.807, 2.05) is 6.07 Å². The molecule has 0 spiro atoms. The van der Waals surface area contributed by atoms with E-state index in [0.29, 0.717) is 21.3 Å². The molecule has 4 nitrogen and oxygen atoms in total. The number of halogens is 2. The Labute approximate surface area is 129 Å². The molecule has 1 unspecified atom stereocenters. The normalized spacial score (nSPS) is 11.5. The number of hydrogen-bond donors (Lipinski definition) is 2. The van der Waals surface area contributed by atoms with Crippen LogP contribution in [0, 0.1) is 17.1 Å². The third-order valence-electron chi connectivity index (χ3n) is 2.89. The van der Waals surface area contributed by atoms with Crippen LogP contribution in [0.1, 0.15) is 17.2 Å². The number of nitrogens with zero attached hydrogens (tertiary/aromatic N) is 1. The van der Waals surface area contributed by atoms with E-state index >= 15 is 0 Å². The van der Waals surface area contributed by atoms with E-state index in [1.165, 1.54) is 12.1 Å². The van der Waals surface area contributed by atoms with Gasteiger partial charge in [0, 0.05) is 5.69 Å². The summed E-state index contributed by atoms with van der Waals surface area (Å²) in [5.41, 5.74) is 6.90. The largest absolute Gasteiger partial charge is 0.370 e. The molecule has 0 radical (unpaired) electrons. The molecule has 2 aromatic carbocycles. The molecule has 3 N–H and O–H groups in total. The van der Waals surface area contributed by atoms with Crippen LogP contribution in [-0.4, -0.2) is 5.91 Å². The quantitative estimate of drug-likeness (QED) is 0.891. The van der Waals surface area contributed by atoms with Crippen LogP contribution < -0.4 is 11.1 Å². The smallest absolute Gasteiger partial charge is 0.244 e. The number of amides is 1. The average molecular weight is 348 g/mol. The zero-order chi connectivity index (χ0) is 15.4. The summed E-state index contributed by atoms with van der Waals surface area (Å²) >= 11 is 3.06. The topological polar surface area (TPSA) is 78.9 Å². The van der Waals surface area contributed by atoms with Crippen molar-refractivity contribution in [2.24, 2.45) is 5.73 Å². The Hall–Kier alpha value is -2.39. The number of primary amides is 1. The molecule has 1 amide bonds. The van der Waals surface area contributed by atoms with Crippen LogP contribution in [0.4, 0.5) is 10.1 Å². The van der Waals surface area contributed by atoms with Gasteiger partial charge in [-0.05, 0) is 51.8 Å². The van der Waals surface area contributed by atoms with Crippen molar-refractivity contribution >= 4 is 27.5 Å². The molecular formula is C15H11BrFN3O. The van der Waals surface area contributed by atoms with Crippen molar-refractivity contribution in [3.63, 3.8) is 0 Å². The molecule has 106 valence electrons. The van der Waals surface area contributed by atoms with E-state index in [4.69, 9.17) is 11.0 Å². The van der Waals surface area contributed by atoms with Gasteiger partial charge in [-0.3, -0.25) is 4.79 Å². The van der Waals surface area contributed by atoms with Gasteiger partial charge in [-0.1, -0.05) is 12.1 Å². The van der Waals surface area contributed by atoms with Crippen molar-refractivity contribution in [1.29, 1.82) is 5.26 Å². The molecule has 0 bridgehead atoms. The predicted octanol–water partition coefficient (Wildman–Crippen LogP) is 3.10. The first kappa shape index (κ1) is 15.0. The molecule has 0 aliphatic carbocycles. The number of nitriles is 1. The Morgan fingerprint density at radius 1 is 1.29 bits per heavy atom. The third-order valence-corrected chi connectivity index (χ3v) is 3.53. The molecule has 0 heterocycles. The van der Waals surface area contributed by atoms with Crippen LogP contribution in [0.25, 0.3) is 0 Å². The van der Waals surface area contributed by atoms with Gasteiger partial charge in [0.25, 0.3) is 0 Å². The Morgan fingerprint density at radius 2 is 1.95 bits per heavy atom. The van der Waals surface area contributed by atoms with Crippen molar-refractivity contribution in [3.05, 3.63) is 63.9 Å². The minimum Gasteiger partial charge on any atom is -0.370 e. The van der Waals surface area contributed by atoms with E-state index in [9.17, 15) is 9.18 Å².